The Morgan fingerprint density at radius 3 is 2.73 bits per heavy atom. The third kappa shape index (κ3) is 7.31. The van der Waals surface area contributed by atoms with Crippen LogP contribution >= 0.6 is 0 Å². The lowest BCUT2D eigenvalue weighted by Gasteiger charge is -2.30. The zero-order chi connectivity index (χ0) is 31.4. The molecule has 0 saturated carbocycles. The van der Waals surface area contributed by atoms with Crippen LogP contribution in [-0.4, -0.2) is 95.0 Å². The number of fused-ring (bicyclic) bond motifs is 2. The summed E-state index contributed by atoms with van der Waals surface area (Å²) in [5.41, 5.74) is 1.67. The average Bonchev–Trinajstić information content (AvgIpc) is 3.76. The monoisotopic (exact) mass is 645 g/mol. The highest BCUT2D eigenvalue weighted by Gasteiger charge is 2.44. The number of methoxy groups -OCH3 is 1. The molecule has 0 radical (unpaired) electrons. The molecule has 0 aliphatic carbocycles. The van der Waals surface area contributed by atoms with Gasteiger partial charge in [0.25, 0.3) is 0 Å². The Hall–Kier alpha value is -2.74. The highest BCUT2D eigenvalue weighted by molar-refractivity contribution is 7.89. The van der Waals surface area contributed by atoms with Crippen molar-refractivity contribution in [2.24, 2.45) is 11.8 Å². The van der Waals surface area contributed by atoms with Gasteiger partial charge < -0.3 is 33.5 Å². The Balaban J connectivity index is 1.24. The summed E-state index contributed by atoms with van der Waals surface area (Å²) in [6.45, 7) is 1.32. The van der Waals surface area contributed by atoms with Crippen LogP contribution in [0.5, 0.6) is 11.5 Å². The van der Waals surface area contributed by atoms with Crippen LogP contribution in [0.25, 0.3) is 0 Å². The molecular weight excluding hydrogens is 602 g/mol. The summed E-state index contributed by atoms with van der Waals surface area (Å²) >= 11 is 0. The number of rotatable bonds is 9. The first kappa shape index (κ1) is 32.2. The van der Waals surface area contributed by atoms with E-state index < -0.39 is 34.1 Å². The fraction of sp³-hybridized carbons (Fsp3) is 0.606. The number of carbonyl (C=O) groups excluding carboxylic acids is 1. The van der Waals surface area contributed by atoms with Crippen LogP contribution in [0.1, 0.15) is 43.2 Å². The fourth-order valence-electron chi connectivity index (χ4n) is 6.79. The standard InChI is InChI=1S/C33H43NO10S/c1-39-28-10-11-30-32-26(28)19-24(43-32)9-5-6-14-40-16-13-34(45(30,37)38)20-27(35)23(17-22-7-3-2-4-8-22)18-31(36)44-29-21-42-33-25(29)12-15-41-33/h2-4,7-8,10-11,23-25,27,29,33,35H,5-6,9,12-21H2,1H3/t23-,24?,25+,27-,29+,33-/m1/s1. The van der Waals surface area contributed by atoms with E-state index in [4.69, 9.17) is 28.4 Å². The summed E-state index contributed by atoms with van der Waals surface area (Å²) in [7, 11) is -2.57. The molecule has 1 unspecified atom stereocenters. The van der Waals surface area contributed by atoms with Gasteiger partial charge in [-0.05, 0) is 49.8 Å². The van der Waals surface area contributed by atoms with Crippen molar-refractivity contribution in [3.8, 4) is 11.5 Å². The normalized spacial score (nSPS) is 27.7. The van der Waals surface area contributed by atoms with Crippen molar-refractivity contribution in [3.63, 3.8) is 0 Å². The molecule has 6 atom stereocenters. The lowest BCUT2D eigenvalue weighted by Crippen LogP contribution is -2.43. The van der Waals surface area contributed by atoms with Gasteiger partial charge in [0.15, 0.2) is 6.29 Å². The highest BCUT2D eigenvalue weighted by atomic mass is 32.2. The van der Waals surface area contributed by atoms with E-state index in [1.807, 2.05) is 30.3 Å². The largest absolute Gasteiger partial charge is 0.496 e. The van der Waals surface area contributed by atoms with Gasteiger partial charge >= 0.3 is 5.97 Å². The quantitative estimate of drug-likeness (QED) is 0.406. The molecule has 2 aromatic carbocycles. The molecule has 4 heterocycles. The van der Waals surface area contributed by atoms with Crippen molar-refractivity contribution in [3.05, 3.63) is 53.6 Å². The summed E-state index contributed by atoms with van der Waals surface area (Å²) in [5.74, 6) is -0.161. The molecule has 2 fully saturated rings. The first-order valence-corrected chi connectivity index (χ1v) is 17.4. The number of sulfonamides is 1. The molecule has 4 aliphatic heterocycles. The molecular formula is C33H43NO10S. The zero-order valence-corrected chi connectivity index (χ0v) is 26.5. The minimum atomic E-state index is -4.14. The summed E-state index contributed by atoms with van der Waals surface area (Å²) in [6, 6.07) is 12.7. The Bertz CT molecular complexity index is 1420. The zero-order valence-electron chi connectivity index (χ0n) is 25.7. The molecule has 2 saturated heterocycles. The number of aliphatic hydroxyl groups excluding tert-OH is 1. The number of nitrogens with zero attached hydrogens (tertiary/aromatic N) is 1. The Kier molecular flexibility index (Phi) is 10.3. The van der Waals surface area contributed by atoms with Crippen LogP contribution in [0.2, 0.25) is 0 Å². The molecule has 11 nitrogen and oxygen atoms in total. The lowest BCUT2D eigenvalue weighted by atomic mass is 9.90. The van der Waals surface area contributed by atoms with Crippen LogP contribution < -0.4 is 9.47 Å². The Morgan fingerprint density at radius 2 is 1.91 bits per heavy atom. The molecule has 45 heavy (non-hydrogen) atoms. The van der Waals surface area contributed by atoms with Crippen molar-refractivity contribution < 1.29 is 46.7 Å². The van der Waals surface area contributed by atoms with Crippen molar-refractivity contribution in [2.75, 3.05) is 46.6 Å². The number of ether oxygens (including phenoxy) is 6. The lowest BCUT2D eigenvalue weighted by molar-refractivity contribution is -0.153. The maximum Gasteiger partial charge on any atom is 0.306 e. The number of β-amino-alcohol motifs (C(OH)–C–C–N with tert-alkyl or cyclic N) is 1. The van der Waals surface area contributed by atoms with Crippen LogP contribution in [0, 0.1) is 11.8 Å². The van der Waals surface area contributed by atoms with Crippen molar-refractivity contribution in [1.82, 2.24) is 4.31 Å². The number of hydrogen-bond acceptors (Lipinski definition) is 10. The van der Waals surface area contributed by atoms with Gasteiger partial charge in [-0.3, -0.25) is 4.79 Å². The molecule has 2 aromatic rings. The number of esters is 1. The smallest absolute Gasteiger partial charge is 0.306 e. The van der Waals surface area contributed by atoms with Gasteiger partial charge in [0, 0.05) is 37.6 Å². The molecule has 12 heteroatoms. The first-order chi connectivity index (χ1) is 21.8. The molecule has 0 aromatic heterocycles. The van der Waals surface area contributed by atoms with Gasteiger partial charge in [-0.15, -0.1) is 0 Å². The van der Waals surface area contributed by atoms with Crippen LogP contribution in [0.15, 0.2) is 47.4 Å². The second kappa shape index (κ2) is 14.4. The maximum atomic E-state index is 14.3. The molecule has 4 aliphatic rings. The molecule has 0 amide bonds. The number of benzene rings is 2. The van der Waals surface area contributed by atoms with Gasteiger partial charge in [0.2, 0.25) is 10.0 Å². The van der Waals surface area contributed by atoms with E-state index in [1.165, 1.54) is 10.4 Å². The van der Waals surface area contributed by atoms with Crippen molar-refractivity contribution in [1.29, 1.82) is 0 Å². The number of carbonyl (C=O) groups is 1. The van der Waals surface area contributed by atoms with E-state index in [2.05, 4.69) is 0 Å². The summed E-state index contributed by atoms with van der Waals surface area (Å²) in [6.07, 6.45) is 2.02. The van der Waals surface area contributed by atoms with Crippen LogP contribution in [0.4, 0.5) is 0 Å². The van der Waals surface area contributed by atoms with E-state index in [-0.39, 0.29) is 55.9 Å². The topological polar surface area (TPSA) is 130 Å². The van der Waals surface area contributed by atoms with E-state index in [9.17, 15) is 18.3 Å². The summed E-state index contributed by atoms with van der Waals surface area (Å²) in [5, 5.41) is 11.7. The first-order valence-electron chi connectivity index (χ1n) is 15.9. The van der Waals surface area contributed by atoms with E-state index >= 15 is 0 Å². The third-order valence-corrected chi connectivity index (χ3v) is 11.1. The minimum Gasteiger partial charge on any atom is -0.496 e. The number of aliphatic hydroxyl groups is 1. The molecule has 2 bridgehead atoms. The van der Waals surface area contributed by atoms with Crippen molar-refractivity contribution >= 4 is 16.0 Å². The highest BCUT2D eigenvalue weighted by Crippen LogP contribution is 2.43. The average molecular weight is 646 g/mol. The van der Waals surface area contributed by atoms with Gasteiger partial charge in [0.1, 0.15) is 28.6 Å². The van der Waals surface area contributed by atoms with E-state index in [0.717, 1.165) is 36.8 Å². The van der Waals surface area contributed by atoms with E-state index in [1.54, 1.807) is 13.2 Å². The summed E-state index contributed by atoms with van der Waals surface area (Å²) < 4.78 is 64.4. The third-order valence-electron chi connectivity index (χ3n) is 9.26. The van der Waals surface area contributed by atoms with Gasteiger partial charge in [0.05, 0.1) is 45.4 Å². The van der Waals surface area contributed by atoms with E-state index in [0.29, 0.717) is 37.6 Å². The second-order valence-corrected chi connectivity index (χ2v) is 14.2. The Labute approximate surface area is 264 Å². The fourth-order valence-corrected chi connectivity index (χ4v) is 8.38. The SMILES string of the molecule is COc1ccc2c3c1CC(CCCCOCCN(C[C@@H](O)[C@@H](CC(=O)O[C@H]1CO[C@H]4OCC[C@H]41)Cc1ccccc1)S2(=O)=O)O3. The predicted octanol–water partition coefficient (Wildman–Crippen LogP) is 3.10. The van der Waals surface area contributed by atoms with Gasteiger partial charge in [-0.2, -0.15) is 4.31 Å². The minimum absolute atomic E-state index is 0.00355. The Morgan fingerprint density at radius 1 is 1.07 bits per heavy atom. The summed E-state index contributed by atoms with van der Waals surface area (Å²) in [4.78, 5) is 13.3. The molecule has 0 spiro atoms. The van der Waals surface area contributed by atoms with Crippen LogP contribution in [-0.2, 0) is 46.6 Å². The predicted molar refractivity (Wildman–Crippen MR) is 162 cm³/mol. The van der Waals surface area contributed by atoms with Crippen LogP contribution in [0.3, 0.4) is 0 Å². The maximum absolute atomic E-state index is 14.3. The van der Waals surface area contributed by atoms with Gasteiger partial charge in [-0.1, -0.05) is 30.3 Å². The number of hydrogen-bond donors (Lipinski definition) is 1. The van der Waals surface area contributed by atoms with Crippen molar-refractivity contribution in [2.45, 2.75) is 74.4 Å². The van der Waals surface area contributed by atoms with Gasteiger partial charge in [-0.25, -0.2) is 8.42 Å². The second-order valence-electron chi connectivity index (χ2n) is 12.3. The molecule has 1 N–H and O–H groups in total. The molecule has 6 rings (SSSR count). The molecule has 246 valence electrons.